The average molecular weight is 147 g/mol. The SMILES string of the molecule is N#CCNNc1ccccc1. The molecule has 1 aromatic rings. The van der Waals surface area contributed by atoms with Crippen LogP contribution in [0.25, 0.3) is 0 Å². The molecule has 0 unspecified atom stereocenters. The highest BCUT2D eigenvalue weighted by Gasteiger charge is 1.84. The van der Waals surface area contributed by atoms with E-state index < -0.39 is 0 Å². The summed E-state index contributed by atoms with van der Waals surface area (Å²) in [6.07, 6.45) is 0. The highest BCUT2D eigenvalue weighted by molar-refractivity contribution is 5.41. The Morgan fingerprint density at radius 3 is 2.64 bits per heavy atom. The van der Waals surface area contributed by atoms with E-state index in [1.807, 2.05) is 36.4 Å². The minimum atomic E-state index is 0.300. The third-order valence-corrected chi connectivity index (χ3v) is 1.17. The van der Waals surface area contributed by atoms with Gasteiger partial charge in [0.1, 0.15) is 6.54 Å². The molecule has 1 rings (SSSR count). The third kappa shape index (κ3) is 2.70. The largest absolute Gasteiger partial charge is 0.321 e. The van der Waals surface area contributed by atoms with Crippen molar-refractivity contribution < 1.29 is 0 Å². The Morgan fingerprint density at radius 1 is 1.27 bits per heavy atom. The van der Waals surface area contributed by atoms with Crippen LogP contribution >= 0.6 is 0 Å². The molecule has 3 nitrogen and oxygen atoms in total. The first-order chi connectivity index (χ1) is 5.43. The average Bonchev–Trinajstić information content (AvgIpc) is 2.07. The van der Waals surface area contributed by atoms with Crippen molar-refractivity contribution in [2.75, 3.05) is 12.0 Å². The van der Waals surface area contributed by atoms with E-state index in [4.69, 9.17) is 5.26 Å². The van der Waals surface area contributed by atoms with E-state index in [-0.39, 0.29) is 0 Å². The van der Waals surface area contributed by atoms with Crippen molar-refractivity contribution in [1.82, 2.24) is 5.43 Å². The van der Waals surface area contributed by atoms with Crippen molar-refractivity contribution in [3.63, 3.8) is 0 Å². The zero-order valence-electron chi connectivity index (χ0n) is 6.04. The molecule has 0 aliphatic carbocycles. The van der Waals surface area contributed by atoms with Gasteiger partial charge in [0, 0.05) is 5.69 Å². The molecule has 0 aliphatic heterocycles. The lowest BCUT2D eigenvalue weighted by Crippen LogP contribution is -2.21. The second-order valence-corrected chi connectivity index (χ2v) is 2.00. The van der Waals surface area contributed by atoms with Gasteiger partial charge in [-0.1, -0.05) is 18.2 Å². The van der Waals surface area contributed by atoms with E-state index in [1.165, 1.54) is 0 Å². The summed E-state index contributed by atoms with van der Waals surface area (Å²) in [6.45, 7) is 0.300. The predicted molar refractivity (Wildman–Crippen MR) is 43.7 cm³/mol. The zero-order valence-corrected chi connectivity index (χ0v) is 6.04. The smallest absolute Gasteiger partial charge is 0.102 e. The summed E-state index contributed by atoms with van der Waals surface area (Å²) < 4.78 is 0. The number of nitriles is 1. The molecule has 0 fully saturated rings. The predicted octanol–water partition coefficient (Wildman–Crippen LogP) is 1.13. The number of benzene rings is 1. The summed E-state index contributed by atoms with van der Waals surface area (Å²) in [5.74, 6) is 0. The van der Waals surface area contributed by atoms with Gasteiger partial charge in [-0.2, -0.15) is 5.26 Å². The molecule has 0 radical (unpaired) electrons. The fourth-order valence-electron chi connectivity index (χ4n) is 0.707. The molecule has 0 amide bonds. The first-order valence-corrected chi connectivity index (χ1v) is 3.34. The van der Waals surface area contributed by atoms with Gasteiger partial charge in [-0.3, -0.25) is 0 Å². The summed E-state index contributed by atoms with van der Waals surface area (Å²) in [5.41, 5.74) is 6.57. The first kappa shape index (κ1) is 7.58. The fourth-order valence-corrected chi connectivity index (χ4v) is 0.707. The van der Waals surface area contributed by atoms with E-state index in [0.29, 0.717) is 6.54 Å². The number of hydrogen-bond acceptors (Lipinski definition) is 3. The molecule has 0 heterocycles. The number of hydrogen-bond donors (Lipinski definition) is 2. The maximum atomic E-state index is 8.19. The topological polar surface area (TPSA) is 47.9 Å². The lowest BCUT2D eigenvalue weighted by molar-refractivity contribution is 0.903. The van der Waals surface area contributed by atoms with Gasteiger partial charge in [0.2, 0.25) is 0 Å². The van der Waals surface area contributed by atoms with Crippen LogP contribution in [0, 0.1) is 11.3 Å². The summed E-state index contributed by atoms with van der Waals surface area (Å²) >= 11 is 0. The summed E-state index contributed by atoms with van der Waals surface area (Å²) in [6, 6.07) is 11.6. The molecular formula is C8H9N3. The molecule has 0 saturated carbocycles. The Hall–Kier alpha value is -1.53. The molecule has 0 saturated heterocycles. The van der Waals surface area contributed by atoms with Crippen LogP contribution < -0.4 is 10.9 Å². The first-order valence-electron chi connectivity index (χ1n) is 3.34. The Kier molecular flexibility index (Phi) is 2.97. The molecule has 2 N–H and O–H groups in total. The van der Waals surface area contributed by atoms with Crippen LogP contribution in [0.5, 0.6) is 0 Å². The van der Waals surface area contributed by atoms with Gasteiger partial charge in [0.25, 0.3) is 0 Å². The maximum Gasteiger partial charge on any atom is 0.102 e. The molecule has 0 bridgehead atoms. The van der Waals surface area contributed by atoms with E-state index >= 15 is 0 Å². The molecule has 11 heavy (non-hydrogen) atoms. The molecule has 3 heteroatoms. The third-order valence-electron chi connectivity index (χ3n) is 1.17. The summed E-state index contributed by atoms with van der Waals surface area (Å²) in [7, 11) is 0. The second-order valence-electron chi connectivity index (χ2n) is 2.00. The van der Waals surface area contributed by atoms with Gasteiger partial charge >= 0.3 is 0 Å². The van der Waals surface area contributed by atoms with Crippen molar-refractivity contribution in [3.8, 4) is 6.07 Å². The van der Waals surface area contributed by atoms with Gasteiger partial charge in [0.15, 0.2) is 0 Å². The maximum absolute atomic E-state index is 8.19. The molecular weight excluding hydrogens is 138 g/mol. The van der Waals surface area contributed by atoms with Crippen LogP contribution in [-0.4, -0.2) is 6.54 Å². The zero-order chi connectivity index (χ0) is 7.94. The van der Waals surface area contributed by atoms with Gasteiger partial charge in [-0.05, 0) is 12.1 Å². The van der Waals surface area contributed by atoms with Gasteiger partial charge in [0.05, 0.1) is 6.07 Å². The van der Waals surface area contributed by atoms with Crippen LogP contribution in [0.4, 0.5) is 5.69 Å². The fraction of sp³-hybridized carbons (Fsp3) is 0.125. The number of para-hydroxylation sites is 1. The molecule has 0 aromatic heterocycles. The van der Waals surface area contributed by atoms with Crippen molar-refractivity contribution in [1.29, 1.82) is 5.26 Å². The van der Waals surface area contributed by atoms with Crippen LogP contribution in [0.3, 0.4) is 0 Å². The normalized spacial score (nSPS) is 8.64. The van der Waals surface area contributed by atoms with Gasteiger partial charge in [-0.15, -0.1) is 0 Å². The van der Waals surface area contributed by atoms with Gasteiger partial charge in [-0.25, -0.2) is 5.43 Å². The molecule has 56 valence electrons. The molecule has 0 atom stereocenters. The molecule has 1 aromatic carbocycles. The second kappa shape index (κ2) is 4.31. The van der Waals surface area contributed by atoms with Crippen molar-refractivity contribution in [2.45, 2.75) is 0 Å². The highest BCUT2D eigenvalue weighted by Crippen LogP contribution is 2.01. The van der Waals surface area contributed by atoms with Crippen molar-refractivity contribution in [2.24, 2.45) is 0 Å². The van der Waals surface area contributed by atoms with Crippen LogP contribution in [0.1, 0.15) is 0 Å². The monoisotopic (exact) mass is 147 g/mol. The van der Waals surface area contributed by atoms with Crippen molar-refractivity contribution >= 4 is 5.69 Å². The van der Waals surface area contributed by atoms with Crippen LogP contribution in [0.2, 0.25) is 0 Å². The van der Waals surface area contributed by atoms with E-state index in [1.54, 1.807) is 0 Å². The number of rotatable bonds is 3. The van der Waals surface area contributed by atoms with Crippen molar-refractivity contribution in [3.05, 3.63) is 30.3 Å². The lowest BCUT2D eigenvalue weighted by Gasteiger charge is -2.02. The summed E-state index contributed by atoms with van der Waals surface area (Å²) in [5, 5.41) is 8.19. The van der Waals surface area contributed by atoms with Gasteiger partial charge < -0.3 is 5.43 Å². The summed E-state index contributed by atoms with van der Waals surface area (Å²) in [4.78, 5) is 0. The number of nitrogens with zero attached hydrogens (tertiary/aromatic N) is 1. The Bertz CT molecular complexity index is 237. The quantitative estimate of drug-likeness (QED) is 0.382. The Balaban J connectivity index is 2.35. The van der Waals surface area contributed by atoms with E-state index in [2.05, 4.69) is 10.9 Å². The number of nitrogens with one attached hydrogen (secondary N) is 2. The Labute approximate surface area is 65.6 Å². The van der Waals surface area contributed by atoms with Crippen LogP contribution in [0.15, 0.2) is 30.3 Å². The Morgan fingerprint density at radius 2 is 2.00 bits per heavy atom. The minimum Gasteiger partial charge on any atom is -0.321 e. The standard InChI is InChI=1S/C8H9N3/c9-6-7-10-11-8-4-2-1-3-5-8/h1-5,10-11H,7H2. The minimum absolute atomic E-state index is 0.300. The highest BCUT2D eigenvalue weighted by atomic mass is 15.3. The molecule has 0 spiro atoms. The number of anilines is 1. The lowest BCUT2D eigenvalue weighted by atomic mass is 10.3. The van der Waals surface area contributed by atoms with E-state index in [9.17, 15) is 0 Å². The van der Waals surface area contributed by atoms with E-state index in [0.717, 1.165) is 5.69 Å². The number of hydrazine groups is 1. The van der Waals surface area contributed by atoms with Crippen LogP contribution in [-0.2, 0) is 0 Å². The molecule has 0 aliphatic rings.